The summed E-state index contributed by atoms with van der Waals surface area (Å²) in [7, 11) is -0.742. The Hall–Kier alpha value is -5.39. The van der Waals surface area contributed by atoms with E-state index in [0.29, 0.717) is 40.4 Å². The molecule has 5 rings (SSSR count). The number of halogens is 4. The van der Waals surface area contributed by atoms with Gasteiger partial charge in [0.15, 0.2) is 12.5 Å². The summed E-state index contributed by atoms with van der Waals surface area (Å²) in [4.78, 5) is 77.6. The minimum atomic E-state index is -4.19. The summed E-state index contributed by atoms with van der Waals surface area (Å²) in [5.41, 5.74) is 2.64. The molecule has 0 aliphatic carbocycles. The molecule has 24 nitrogen and oxygen atoms in total. The van der Waals surface area contributed by atoms with Crippen molar-refractivity contribution in [2.75, 3.05) is 70.8 Å². The number of carbonyl (C=O) groups excluding carboxylic acids is 6. The predicted octanol–water partition coefficient (Wildman–Crippen LogP) is 9.62. The molecule has 0 radical (unpaired) electrons. The van der Waals surface area contributed by atoms with Crippen LogP contribution in [0.3, 0.4) is 0 Å². The van der Waals surface area contributed by atoms with Gasteiger partial charge in [-0.15, -0.1) is 24.0 Å². The molecule has 0 spiro atoms. The molecule has 0 aliphatic heterocycles. The number of esters is 6. The van der Waals surface area contributed by atoms with Crippen molar-refractivity contribution >= 4 is 201 Å². The largest absolute Gasteiger partial charge is 0.478 e. The number of rotatable bonds is 17. The molecule has 0 saturated carbocycles. The van der Waals surface area contributed by atoms with Crippen molar-refractivity contribution in [3.05, 3.63) is 173 Å². The maximum Gasteiger partial charge on any atom is 0.372 e. The summed E-state index contributed by atoms with van der Waals surface area (Å²) >= 11 is 21.4. The van der Waals surface area contributed by atoms with Crippen LogP contribution in [0.1, 0.15) is 47.0 Å². The van der Waals surface area contributed by atoms with Crippen LogP contribution in [0.5, 0.6) is 0 Å². The zero-order chi connectivity index (χ0) is 64.9. The number of nitrogens with zero attached hydrogens (tertiary/aromatic N) is 3. The van der Waals surface area contributed by atoms with E-state index in [0.717, 1.165) is 43.3 Å². The Labute approximate surface area is 566 Å². The van der Waals surface area contributed by atoms with Gasteiger partial charge in [0.1, 0.15) is 24.7 Å². The van der Waals surface area contributed by atoms with E-state index in [1.54, 1.807) is 127 Å². The number of hydrogen-bond acceptors (Lipinski definition) is 28. The third-order valence-electron chi connectivity index (χ3n) is 8.36. The highest BCUT2D eigenvalue weighted by molar-refractivity contribution is 15.0. The molecular formula is C52H59ClI3N3O21S6. The first kappa shape index (κ1) is 87.0. The van der Waals surface area contributed by atoms with Gasteiger partial charge in [0, 0.05) is 60.2 Å². The topological polar surface area (TPSA) is 353 Å². The number of methoxy groups -OCH3 is 3. The van der Waals surface area contributed by atoms with E-state index in [2.05, 4.69) is 109 Å². The molecule has 0 amide bonds. The van der Waals surface area contributed by atoms with Gasteiger partial charge in [-0.25, -0.2) is 33.6 Å². The average Bonchev–Trinajstić information content (AvgIpc) is 3.68. The van der Waals surface area contributed by atoms with E-state index in [1.165, 1.54) is 19.2 Å². The number of thioether (sulfide) groups is 2. The van der Waals surface area contributed by atoms with Gasteiger partial charge in [0.25, 0.3) is 5.17 Å². The lowest BCUT2D eigenvalue weighted by atomic mass is 10.2. The Morgan fingerprint density at radius 3 is 1.19 bits per heavy atom. The number of carbonyl (C=O) groups is 7. The van der Waals surface area contributed by atoms with Crippen LogP contribution >= 0.6 is 122 Å². The molecule has 472 valence electrons. The molecule has 0 heterocycles. The first-order valence-corrected chi connectivity index (χ1v) is 34.7. The number of aliphatic hydroxyl groups is 1. The minimum Gasteiger partial charge on any atom is -0.478 e. The molecular weight excluding hydrogens is 1610 g/mol. The molecule has 0 fully saturated rings. The summed E-state index contributed by atoms with van der Waals surface area (Å²) in [5.74, 6) is -3.03. The third-order valence-corrected chi connectivity index (χ3v) is 11.9. The van der Waals surface area contributed by atoms with Gasteiger partial charge >= 0.3 is 51.9 Å². The Balaban J connectivity index is -0.000000508. The number of aromatic carboxylic acids is 1. The summed E-state index contributed by atoms with van der Waals surface area (Å²) in [6.07, 6.45) is 0. The van der Waals surface area contributed by atoms with Crippen LogP contribution in [-0.2, 0) is 69.7 Å². The van der Waals surface area contributed by atoms with Gasteiger partial charge < -0.3 is 49.0 Å². The fourth-order valence-corrected chi connectivity index (χ4v) is 6.83. The van der Waals surface area contributed by atoms with Crippen molar-refractivity contribution in [2.45, 2.75) is 11.8 Å². The molecule has 0 bridgehead atoms. The monoisotopic (exact) mass is 1670 g/mol. The minimum absolute atomic E-state index is 0. The number of carboxylic acids is 1. The molecule has 0 aliphatic rings. The average molecular weight is 1670 g/mol. The van der Waals surface area contributed by atoms with Crippen LogP contribution in [-0.4, -0.2) is 161 Å². The highest BCUT2D eigenvalue weighted by atomic mass is 128. The Kier molecular flexibility index (Phi) is 58.1. The van der Waals surface area contributed by atoms with Gasteiger partial charge in [0.05, 0.1) is 50.2 Å². The number of oxime groups is 3. The van der Waals surface area contributed by atoms with Gasteiger partial charge in [-0.2, -0.15) is 37.9 Å². The molecule has 5 aromatic rings. The standard InChI is InChI=1S/C19H19NO7S2.C12H13NO5S.C9H10O2S.C7H6O2.C3H4ClNO3.C2H6OS.I2.HI.OS/c1-14-8-10-16(11-9-14)29(23,24)27-20-17(19(22)25-2)28-13-12-26-18(21)15-6-4-3-5-7-15;1-17-12(15)10(13-16)19-8-7-18-11(14)9-5-3-2-4-6-9;10-9(11-6-7-12)8-4-2-1-3-5-8;8-7(9)6-4-2-1-3-5-6;1-8-3(6)2(4)5-7;3-1-2-4;1-2;;1-2/h3-11H,12-13H2,1-2H3;2-6,16H,7-8H2,1H3;1-5,12H,6-7H2;1-5H,(H,8,9);7H,1H3;3-4H,1-2H2;;1H;/b20-17-;13-10-;;;5-2-;;;;. The Bertz CT molecular complexity index is 2900. The smallest absolute Gasteiger partial charge is 0.372 e. The van der Waals surface area contributed by atoms with Crippen molar-refractivity contribution in [3.8, 4) is 0 Å². The van der Waals surface area contributed by atoms with Gasteiger partial charge in [-0.1, -0.05) is 141 Å². The molecule has 34 heteroatoms. The van der Waals surface area contributed by atoms with E-state index in [-0.39, 0.29) is 76.3 Å². The lowest BCUT2D eigenvalue weighted by molar-refractivity contribution is -0.133. The first-order valence-electron chi connectivity index (χ1n) is 23.1. The zero-order valence-corrected chi connectivity index (χ0v) is 58.1. The number of hydrogen-bond donors (Lipinski definition) is 6. The van der Waals surface area contributed by atoms with Gasteiger partial charge in [-0.05, 0) is 67.6 Å². The number of ether oxygens (including phenoxy) is 6. The number of benzene rings is 5. The lowest BCUT2D eigenvalue weighted by Crippen LogP contribution is -2.16. The van der Waals surface area contributed by atoms with Crippen LogP contribution in [0, 0.1) is 6.92 Å². The van der Waals surface area contributed by atoms with Crippen molar-refractivity contribution in [1.29, 1.82) is 0 Å². The SMILES string of the molecule is COC(=O)/C(=N/O)SCCOC(=O)c1ccccc1.COC(=O)/C(=N/OS(=O)(=O)c1ccc(C)cc1)SCCOC(=O)c1ccccc1.COC(=O)/C(Cl)=N/O.I.II.O=C(O)c1ccccc1.O=C(OCCS)c1ccccc1.O=S.OCCS. The van der Waals surface area contributed by atoms with Gasteiger partial charge in [-0.3, -0.25) is 4.28 Å². The quantitative estimate of drug-likeness (QED) is 0.00580. The number of aliphatic hydroxyl groups excluding tert-OH is 1. The second kappa shape index (κ2) is 57.4. The van der Waals surface area contributed by atoms with E-state index in [9.17, 15) is 42.0 Å². The number of thiol groups is 2. The van der Waals surface area contributed by atoms with Crippen molar-refractivity contribution < 1.29 is 99.5 Å². The molecule has 5 aromatic carbocycles. The van der Waals surface area contributed by atoms with E-state index >= 15 is 0 Å². The number of aryl methyl sites for hydroxylation is 1. The van der Waals surface area contributed by atoms with Crippen molar-refractivity contribution in [2.24, 2.45) is 15.5 Å². The number of carboxylic acid groups (broad SMARTS) is 1. The Morgan fingerprint density at radius 1 is 0.558 bits per heavy atom. The molecule has 0 atom stereocenters. The lowest BCUT2D eigenvalue weighted by Gasteiger charge is -2.06. The van der Waals surface area contributed by atoms with Crippen molar-refractivity contribution in [1.82, 2.24) is 0 Å². The second-order valence-corrected chi connectivity index (χ2v) is 19.0. The van der Waals surface area contributed by atoms with Crippen molar-refractivity contribution in [3.63, 3.8) is 0 Å². The van der Waals surface area contributed by atoms with E-state index in [4.69, 9.17) is 50.6 Å². The van der Waals surface area contributed by atoms with E-state index < -0.39 is 51.1 Å². The van der Waals surface area contributed by atoms with Crippen LogP contribution in [0.15, 0.2) is 166 Å². The Morgan fingerprint density at radius 2 is 0.895 bits per heavy atom. The highest BCUT2D eigenvalue weighted by Crippen LogP contribution is 2.16. The fraction of sp³-hybridized carbons (Fsp3) is 0.231. The maximum absolute atomic E-state index is 12.2. The predicted molar refractivity (Wildman–Crippen MR) is 362 cm³/mol. The molecule has 0 saturated heterocycles. The third kappa shape index (κ3) is 42.5. The summed E-state index contributed by atoms with van der Waals surface area (Å²) < 4.78 is 64.8. The van der Waals surface area contributed by atoms with Crippen LogP contribution < -0.4 is 0 Å². The second-order valence-electron chi connectivity index (χ2n) is 14.1. The first-order chi connectivity index (χ1) is 40.8. The molecule has 0 aromatic heterocycles. The summed E-state index contributed by atoms with van der Waals surface area (Å²) in [6.45, 7) is 2.42. The maximum atomic E-state index is 12.2. The highest BCUT2D eigenvalue weighted by Gasteiger charge is 2.20. The van der Waals surface area contributed by atoms with E-state index in [1.807, 2.05) is 13.0 Å². The van der Waals surface area contributed by atoms with Gasteiger partial charge in [0.2, 0.25) is 10.1 Å². The van der Waals surface area contributed by atoms with Crippen LogP contribution in [0.4, 0.5) is 0 Å². The molecule has 4 N–H and O–H groups in total. The van der Waals surface area contributed by atoms with Crippen LogP contribution in [0.25, 0.3) is 0 Å². The summed E-state index contributed by atoms with van der Waals surface area (Å²) in [5, 5.41) is 40.0. The zero-order valence-electron chi connectivity index (χ0n) is 45.7. The fourth-order valence-electron chi connectivity index (χ4n) is 4.62. The van der Waals surface area contributed by atoms with Crippen LogP contribution in [0.2, 0.25) is 0 Å². The molecule has 86 heavy (non-hydrogen) atoms. The summed E-state index contributed by atoms with van der Waals surface area (Å²) in [6, 6.07) is 40.1. The normalized spacial score (nSPS) is 10.0. The molecule has 0 unspecified atom stereocenters.